The van der Waals surface area contributed by atoms with Crippen LogP contribution in [0.5, 0.6) is 0 Å². The van der Waals surface area contributed by atoms with Crippen molar-refractivity contribution in [2.24, 2.45) is 0 Å². The number of nitrogens with one attached hydrogen (secondary N) is 4. The Bertz CT molecular complexity index is 2130. The summed E-state index contributed by atoms with van der Waals surface area (Å²) in [6.45, 7) is 11.1. The van der Waals surface area contributed by atoms with Crippen molar-refractivity contribution in [2.45, 2.75) is 393 Å². The molecule has 0 bridgehead atoms. The van der Waals surface area contributed by atoms with Gasteiger partial charge in [-0.05, 0) is 89.9 Å². The normalized spacial score (nSPS) is 13.8. The molecule has 6 N–H and O–H groups in total. The number of rotatable bonds is 80. The number of hydrogen-bond acceptors (Lipinski definition) is 16. The minimum atomic E-state index is -4.73. The molecule has 0 heterocycles. The van der Waals surface area contributed by atoms with E-state index in [0.29, 0.717) is 64.2 Å². The van der Waals surface area contributed by atoms with Gasteiger partial charge in [0.2, 0.25) is 23.6 Å². The number of phosphoric ester groups is 2. The maximum atomic E-state index is 13.2. The van der Waals surface area contributed by atoms with Crippen LogP contribution in [0.25, 0.3) is 0 Å². The zero-order chi connectivity index (χ0) is 77.2. The van der Waals surface area contributed by atoms with Gasteiger partial charge in [-0.15, -0.1) is 0 Å². The molecule has 0 fully saturated rings. The molecule has 6 atom stereocenters. The molecule has 0 aliphatic rings. The average Bonchev–Trinajstić information content (AvgIpc) is 0.915. The predicted molar refractivity (Wildman–Crippen MR) is 425 cm³/mol. The van der Waals surface area contributed by atoms with E-state index in [1.54, 1.807) is 0 Å². The first-order valence-corrected chi connectivity index (χ1v) is 45.1. The van der Waals surface area contributed by atoms with Gasteiger partial charge < -0.3 is 52.9 Å². The first kappa shape index (κ1) is 110. The van der Waals surface area contributed by atoms with Crippen molar-refractivity contribution >= 4 is 51.2 Å². The number of hydrogen-bond donors (Lipinski definition) is 6. The Labute approximate surface area is 697 Å². The van der Waals surface area contributed by atoms with Crippen molar-refractivity contribution in [1.82, 2.24) is 21.3 Å². The molecule has 0 radical (unpaired) electrons. The van der Waals surface area contributed by atoms with Gasteiger partial charge in [0.15, 0.2) is 0 Å². The zero-order valence-electron chi connectivity index (χ0n) is 71.1. The quantitative estimate of drug-likeness (QED) is 0.00823. The molecule has 107 heavy (non-hydrogen) atoms. The summed E-state index contributed by atoms with van der Waals surface area (Å²) < 4.78 is 71.2. The van der Waals surface area contributed by atoms with E-state index in [-0.39, 0.29) is 150 Å². The molecule has 620 valence electrons. The van der Waals surface area contributed by atoms with E-state index in [1.165, 1.54) is 116 Å². The Balaban J connectivity index is -0.00000901. The maximum absolute atomic E-state index is 13.2. The molecule has 0 saturated carbocycles. The molecule has 4 amide bonds. The first-order valence-electron chi connectivity index (χ1n) is 42.1. The van der Waals surface area contributed by atoms with Crippen LogP contribution in [0.3, 0.4) is 0 Å². The number of amides is 4. The molecule has 0 aromatic rings. The number of esters is 2. The van der Waals surface area contributed by atoms with Gasteiger partial charge in [-0.2, -0.15) is 0 Å². The summed E-state index contributed by atoms with van der Waals surface area (Å²) in [6.07, 6.45) is 55.9. The molecule has 0 spiro atoms. The van der Waals surface area contributed by atoms with Crippen molar-refractivity contribution in [3.63, 3.8) is 0 Å². The Hall–Kier alpha value is -1.56. The van der Waals surface area contributed by atoms with E-state index < -0.39 is 72.4 Å². The third-order valence-corrected chi connectivity index (χ3v) is 20.2. The number of unbranched alkanes of at least 4 members (excludes halogenated alkanes) is 34. The van der Waals surface area contributed by atoms with Gasteiger partial charge in [-0.3, -0.25) is 46.9 Å². The van der Waals surface area contributed by atoms with Gasteiger partial charge in [0, 0.05) is 51.6 Å². The Morgan fingerprint density at radius 1 is 0.336 bits per heavy atom. The molecule has 0 aromatic carbocycles. The second-order valence-electron chi connectivity index (χ2n) is 28.5. The SMILES string of the molecule is CCCCCC/C=C\CCCC(=O)O[C@H](CCCCCCC)CCOCC(COP(=O)(O)OCCNC(=O)CC(=O)NCCOP(=O)(O)OCC(COCC[C@@H](CCCCCCC)OC(=O)CCC/C=C/CCCCCC)NC(=O)CCCCCCCCCCC)NC(=O)CCCCCCCCCCC.[H-].[H-].[Na+].[Na+]. The van der Waals surface area contributed by atoms with E-state index in [0.717, 1.165) is 128 Å². The molecule has 0 rings (SSSR count). The summed E-state index contributed by atoms with van der Waals surface area (Å²) in [4.78, 5) is 99.1. The van der Waals surface area contributed by atoms with Gasteiger partial charge in [0.1, 0.15) is 18.6 Å². The fourth-order valence-corrected chi connectivity index (χ4v) is 13.4. The van der Waals surface area contributed by atoms with Gasteiger partial charge in [-0.1, -0.05) is 258 Å². The van der Waals surface area contributed by atoms with E-state index in [4.69, 9.17) is 37.0 Å². The molecule has 0 aliphatic carbocycles. The molecular formula is C81H156N4Na2O18P2. The van der Waals surface area contributed by atoms with E-state index >= 15 is 0 Å². The third kappa shape index (κ3) is 78.1. The van der Waals surface area contributed by atoms with Crippen LogP contribution in [-0.2, 0) is 74.9 Å². The topological polar surface area (TPSA) is 299 Å². The summed E-state index contributed by atoms with van der Waals surface area (Å²) in [6, 6.07) is -1.65. The minimum absolute atomic E-state index is 0. The van der Waals surface area contributed by atoms with Crippen molar-refractivity contribution in [3.8, 4) is 0 Å². The van der Waals surface area contributed by atoms with Crippen LogP contribution in [0.15, 0.2) is 24.3 Å². The molecule has 26 heteroatoms. The summed E-state index contributed by atoms with van der Waals surface area (Å²) in [5.41, 5.74) is 0. The average molecular weight is 1580 g/mol. The molecule has 0 aliphatic heterocycles. The van der Waals surface area contributed by atoms with E-state index in [1.807, 2.05) is 0 Å². The standard InChI is InChI=1S/C81H154N4O18P2.2Na.2H/c1-7-13-19-25-29-33-37-43-49-55-76(86)84-72(68-96-63-59-74(53-47-41-23-17-11-5)102-80(90)57-51-45-39-35-31-27-21-15-9-3)70-100-104(92,93)98-65-61-82-78(88)67-79(89)83-62-66-99-105(94,95)101-71-73(85-77(87)56-50-44-38-34-30-26-20-14-8-2)69-97-64-60-75(54-48-42-24-18-12-6)103-81(91)58-52-46-40-36-32-28-22-16-10-4;;;;/h35-36,39-40,72-75H,7-34,37-38,41-71H2,1-6H3,(H,82,88)(H,83,89)(H,84,86)(H,85,87)(H,92,93)(H,94,95);;;;/q;2*+1;2*-1/b39-35-,40-36+;;;;/t72?,73?,74-,75-;;;;/m1..../s1. The molecule has 0 aromatic heterocycles. The van der Waals surface area contributed by atoms with E-state index in [9.17, 15) is 47.7 Å². The largest absolute Gasteiger partial charge is 1.00 e. The predicted octanol–water partition coefficient (Wildman–Crippen LogP) is 13.7. The van der Waals surface area contributed by atoms with Crippen LogP contribution in [0, 0.1) is 0 Å². The van der Waals surface area contributed by atoms with Crippen LogP contribution in [0.4, 0.5) is 0 Å². The van der Waals surface area contributed by atoms with Gasteiger partial charge in [-0.25, -0.2) is 9.13 Å². The van der Waals surface area contributed by atoms with Crippen LogP contribution in [-0.4, -0.2) is 136 Å². The van der Waals surface area contributed by atoms with Gasteiger partial charge in [0.05, 0.1) is 64.9 Å². The van der Waals surface area contributed by atoms with E-state index in [2.05, 4.69) is 87.1 Å². The van der Waals surface area contributed by atoms with Crippen molar-refractivity contribution in [2.75, 3.05) is 65.9 Å². The zero-order valence-corrected chi connectivity index (χ0v) is 74.9. The molecular weight excluding hydrogens is 1420 g/mol. The molecule has 0 saturated heterocycles. The minimum Gasteiger partial charge on any atom is -1.00 e. The summed E-state index contributed by atoms with van der Waals surface area (Å²) >= 11 is 0. The van der Waals surface area contributed by atoms with Crippen molar-refractivity contribution in [3.05, 3.63) is 24.3 Å². The third-order valence-electron chi connectivity index (χ3n) is 18.2. The second kappa shape index (κ2) is 81.0. The van der Waals surface area contributed by atoms with Gasteiger partial charge >= 0.3 is 86.7 Å². The number of phosphoric acid groups is 2. The fraction of sp³-hybridized carbons (Fsp3) is 0.877. The van der Waals surface area contributed by atoms with Gasteiger partial charge in [0.25, 0.3) is 0 Å². The van der Waals surface area contributed by atoms with Crippen LogP contribution in [0.2, 0.25) is 0 Å². The smallest absolute Gasteiger partial charge is 1.00 e. The summed E-state index contributed by atoms with van der Waals surface area (Å²) in [5.74, 6) is -2.46. The molecule has 4 unspecified atom stereocenters. The summed E-state index contributed by atoms with van der Waals surface area (Å²) in [7, 11) is -9.46. The van der Waals surface area contributed by atoms with Crippen molar-refractivity contribution in [1.29, 1.82) is 0 Å². The number of carbonyl (C=O) groups excluding carboxylic acids is 6. The van der Waals surface area contributed by atoms with Crippen LogP contribution < -0.4 is 80.4 Å². The Morgan fingerprint density at radius 2 is 0.626 bits per heavy atom. The maximum Gasteiger partial charge on any atom is 1.00 e. The first-order chi connectivity index (χ1) is 50.9. The monoisotopic (exact) mass is 1580 g/mol. The number of ether oxygens (including phenoxy) is 4. The number of allylic oxidation sites excluding steroid dienone is 4. The van der Waals surface area contributed by atoms with Crippen LogP contribution in [0.1, 0.15) is 372 Å². The molecule has 22 nitrogen and oxygen atoms in total. The Kier molecular flexibility index (Phi) is 83.0. The second-order valence-corrected chi connectivity index (χ2v) is 31.4. The fourth-order valence-electron chi connectivity index (χ4n) is 11.9. The number of carbonyl (C=O) groups is 6. The summed E-state index contributed by atoms with van der Waals surface area (Å²) in [5, 5.41) is 10.7. The van der Waals surface area contributed by atoms with Crippen LogP contribution >= 0.6 is 15.6 Å². The Morgan fingerprint density at radius 3 is 0.953 bits per heavy atom. The van der Waals surface area contributed by atoms with Crippen molar-refractivity contribution < 1.29 is 147 Å².